The first-order chi connectivity index (χ1) is 18.4. The van der Waals surface area contributed by atoms with E-state index in [-0.39, 0.29) is 41.4 Å². The molecular formula is C26H30N4O7S. The molecular weight excluding hydrogens is 512 g/mol. The fourth-order valence-corrected chi connectivity index (χ4v) is 6.35. The minimum Gasteiger partial charge on any atom is -0.507 e. The molecule has 3 saturated heterocycles. The van der Waals surface area contributed by atoms with Gasteiger partial charge in [0.15, 0.2) is 0 Å². The lowest BCUT2D eigenvalue weighted by Gasteiger charge is -2.30. The molecule has 3 aliphatic rings. The van der Waals surface area contributed by atoms with E-state index in [1.54, 1.807) is 24.5 Å². The number of ketones is 1. The molecule has 5 rings (SSSR count). The Labute approximate surface area is 221 Å². The topological polar surface area (TPSA) is 130 Å². The van der Waals surface area contributed by atoms with Crippen LogP contribution in [0, 0.1) is 0 Å². The van der Waals surface area contributed by atoms with Gasteiger partial charge in [-0.2, -0.15) is 4.31 Å². The number of carbonyl (C=O) groups excluding carboxylic acids is 2. The minimum absolute atomic E-state index is 0.0474. The third kappa shape index (κ3) is 5.22. The smallest absolute Gasteiger partial charge is 0.295 e. The van der Waals surface area contributed by atoms with Gasteiger partial charge in [-0.15, -0.1) is 0 Å². The van der Waals surface area contributed by atoms with Crippen molar-refractivity contribution in [2.24, 2.45) is 0 Å². The van der Waals surface area contributed by atoms with Gasteiger partial charge in [0, 0.05) is 57.2 Å². The van der Waals surface area contributed by atoms with Crippen molar-refractivity contribution in [2.75, 3.05) is 65.7 Å². The van der Waals surface area contributed by atoms with Crippen molar-refractivity contribution in [2.45, 2.75) is 10.9 Å². The van der Waals surface area contributed by atoms with Crippen LogP contribution in [0.3, 0.4) is 0 Å². The predicted molar refractivity (Wildman–Crippen MR) is 137 cm³/mol. The number of aromatic nitrogens is 1. The second-order valence-corrected chi connectivity index (χ2v) is 11.2. The first kappa shape index (κ1) is 26.4. The summed E-state index contributed by atoms with van der Waals surface area (Å²) in [5.41, 5.74) is 0.793. The maximum Gasteiger partial charge on any atom is 0.295 e. The first-order valence-electron chi connectivity index (χ1n) is 12.5. The summed E-state index contributed by atoms with van der Waals surface area (Å²) in [4.78, 5) is 34.2. The molecule has 0 saturated carbocycles. The quantitative estimate of drug-likeness (QED) is 0.308. The number of aliphatic hydroxyl groups is 1. The maximum atomic E-state index is 13.2. The van der Waals surface area contributed by atoms with E-state index in [4.69, 9.17) is 9.47 Å². The fourth-order valence-electron chi connectivity index (χ4n) is 4.95. The lowest BCUT2D eigenvalue weighted by molar-refractivity contribution is -0.140. The van der Waals surface area contributed by atoms with Crippen molar-refractivity contribution in [1.29, 1.82) is 0 Å². The predicted octanol–water partition coefficient (Wildman–Crippen LogP) is 0.856. The Balaban J connectivity index is 1.46. The van der Waals surface area contributed by atoms with Crippen LogP contribution in [-0.2, 0) is 29.1 Å². The van der Waals surface area contributed by atoms with Crippen LogP contribution in [0.5, 0.6) is 0 Å². The van der Waals surface area contributed by atoms with Crippen LogP contribution in [0.4, 0.5) is 0 Å². The first-order valence-corrected chi connectivity index (χ1v) is 14.0. The SMILES string of the molecule is O=C1C(=O)N(CCN2CCOCC2)[C@@H](c2cccnc2)/C1=C(\O)c1ccc(S(=O)(=O)N2CCOCC2)cc1. The third-order valence-electron chi connectivity index (χ3n) is 7.04. The number of hydrogen-bond acceptors (Lipinski definition) is 9. The molecule has 1 aromatic carbocycles. The van der Waals surface area contributed by atoms with Crippen LogP contribution in [0.1, 0.15) is 17.2 Å². The summed E-state index contributed by atoms with van der Waals surface area (Å²) >= 11 is 0. The summed E-state index contributed by atoms with van der Waals surface area (Å²) < 4.78 is 37.9. The molecule has 1 aromatic heterocycles. The lowest BCUT2D eigenvalue weighted by Crippen LogP contribution is -2.42. The molecule has 3 aliphatic heterocycles. The minimum atomic E-state index is -3.72. The van der Waals surface area contributed by atoms with Gasteiger partial charge in [-0.3, -0.25) is 19.5 Å². The van der Waals surface area contributed by atoms with Gasteiger partial charge in [-0.1, -0.05) is 6.07 Å². The Bertz CT molecular complexity index is 1300. The molecule has 0 unspecified atom stereocenters. The highest BCUT2D eigenvalue weighted by atomic mass is 32.2. The molecule has 0 aliphatic carbocycles. The second-order valence-electron chi connectivity index (χ2n) is 9.27. The highest BCUT2D eigenvalue weighted by molar-refractivity contribution is 7.89. The maximum absolute atomic E-state index is 13.2. The van der Waals surface area contributed by atoms with Crippen molar-refractivity contribution >= 4 is 27.5 Å². The van der Waals surface area contributed by atoms with Gasteiger partial charge in [-0.05, 0) is 35.9 Å². The van der Waals surface area contributed by atoms with Crippen molar-refractivity contribution in [3.63, 3.8) is 0 Å². The van der Waals surface area contributed by atoms with Gasteiger partial charge >= 0.3 is 0 Å². The van der Waals surface area contributed by atoms with Crippen molar-refractivity contribution in [3.05, 3.63) is 65.5 Å². The summed E-state index contributed by atoms with van der Waals surface area (Å²) in [7, 11) is -3.72. The molecule has 1 amide bonds. The standard InChI is InChI=1S/C26H30N4O7S/c31-24(19-3-5-21(6-4-19)38(34,35)29-12-16-37-17-13-29)22-23(20-2-1-7-27-18-20)30(26(33)25(22)32)9-8-28-10-14-36-15-11-28/h1-7,18,23,31H,8-17H2/b24-22+/t23-/m0/s1. The average Bonchev–Trinajstić information content (AvgIpc) is 3.22. The van der Waals surface area contributed by atoms with Gasteiger partial charge < -0.3 is 19.5 Å². The molecule has 3 fully saturated rings. The molecule has 11 nitrogen and oxygen atoms in total. The molecule has 1 N–H and O–H groups in total. The van der Waals surface area contributed by atoms with Crippen molar-refractivity contribution in [3.8, 4) is 0 Å². The lowest BCUT2D eigenvalue weighted by atomic mass is 9.96. The zero-order valence-corrected chi connectivity index (χ0v) is 21.7. The molecule has 202 valence electrons. The Morgan fingerprint density at radius 2 is 1.61 bits per heavy atom. The summed E-state index contributed by atoms with van der Waals surface area (Å²) in [5.74, 6) is -1.84. The fraction of sp³-hybridized carbons (Fsp3) is 0.423. The number of carbonyl (C=O) groups is 2. The largest absolute Gasteiger partial charge is 0.507 e. The molecule has 38 heavy (non-hydrogen) atoms. The van der Waals surface area contributed by atoms with Crippen LogP contribution < -0.4 is 0 Å². The van der Waals surface area contributed by atoms with E-state index in [2.05, 4.69) is 9.88 Å². The number of Topliss-reactive ketones (excluding diaryl/α,β-unsaturated/α-hetero) is 1. The number of aliphatic hydroxyl groups excluding tert-OH is 1. The molecule has 1 atom stereocenters. The third-order valence-corrected chi connectivity index (χ3v) is 8.95. The van der Waals surface area contributed by atoms with E-state index in [1.165, 1.54) is 33.5 Å². The number of nitrogens with zero attached hydrogens (tertiary/aromatic N) is 4. The molecule has 0 radical (unpaired) electrons. The van der Waals surface area contributed by atoms with Gasteiger partial charge in [0.2, 0.25) is 10.0 Å². The van der Waals surface area contributed by atoms with Gasteiger partial charge in [0.25, 0.3) is 11.7 Å². The summed E-state index contributed by atoms with van der Waals surface area (Å²) in [6, 6.07) is 8.34. The molecule has 0 spiro atoms. The number of ether oxygens (including phenoxy) is 2. The number of benzene rings is 1. The molecule has 12 heteroatoms. The monoisotopic (exact) mass is 542 g/mol. The average molecular weight is 543 g/mol. The van der Waals surface area contributed by atoms with Crippen LogP contribution in [0.15, 0.2) is 59.3 Å². The van der Waals surface area contributed by atoms with E-state index in [0.29, 0.717) is 38.5 Å². The van der Waals surface area contributed by atoms with Gasteiger partial charge in [0.1, 0.15) is 5.76 Å². The van der Waals surface area contributed by atoms with E-state index in [9.17, 15) is 23.1 Å². The van der Waals surface area contributed by atoms with E-state index in [0.717, 1.165) is 13.1 Å². The van der Waals surface area contributed by atoms with Crippen molar-refractivity contribution in [1.82, 2.24) is 19.1 Å². The zero-order valence-electron chi connectivity index (χ0n) is 20.9. The molecule has 2 aromatic rings. The Morgan fingerprint density at radius 3 is 2.24 bits per heavy atom. The van der Waals surface area contributed by atoms with Crippen LogP contribution >= 0.6 is 0 Å². The van der Waals surface area contributed by atoms with Crippen LogP contribution in [0.2, 0.25) is 0 Å². The Kier molecular flexibility index (Phi) is 7.86. The van der Waals surface area contributed by atoms with Gasteiger partial charge in [-0.25, -0.2) is 8.42 Å². The number of hydrogen-bond donors (Lipinski definition) is 1. The number of morpholine rings is 2. The second kappa shape index (κ2) is 11.3. The van der Waals surface area contributed by atoms with Gasteiger partial charge in [0.05, 0.1) is 42.9 Å². The molecule has 0 bridgehead atoms. The van der Waals surface area contributed by atoms with Crippen molar-refractivity contribution < 1.29 is 32.6 Å². The van der Waals surface area contributed by atoms with E-state index >= 15 is 0 Å². The summed E-state index contributed by atoms with van der Waals surface area (Å²) in [5, 5.41) is 11.3. The Morgan fingerprint density at radius 1 is 0.947 bits per heavy atom. The highest BCUT2D eigenvalue weighted by Crippen LogP contribution is 2.39. The number of pyridine rings is 1. The highest BCUT2D eigenvalue weighted by Gasteiger charge is 2.46. The number of sulfonamides is 1. The number of amides is 1. The normalized spacial score (nSPS) is 23.2. The van der Waals surface area contributed by atoms with E-state index in [1.807, 2.05) is 0 Å². The Hall–Kier alpha value is -3.16. The van der Waals surface area contributed by atoms with Crippen LogP contribution in [0.25, 0.3) is 5.76 Å². The number of likely N-dealkylation sites (tertiary alicyclic amines) is 1. The van der Waals surface area contributed by atoms with Crippen LogP contribution in [-0.4, -0.2) is 110 Å². The molecule has 4 heterocycles. The zero-order chi connectivity index (χ0) is 26.7. The summed E-state index contributed by atoms with van der Waals surface area (Å²) in [6.07, 6.45) is 3.17. The number of rotatable bonds is 7. The van der Waals surface area contributed by atoms with E-state index < -0.39 is 27.8 Å². The summed E-state index contributed by atoms with van der Waals surface area (Å²) in [6.45, 7) is 4.74.